The Balaban J connectivity index is 1.54. The Hall–Kier alpha value is -1.38. The van der Waals surface area contributed by atoms with Crippen molar-refractivity contribution in [1.29, 1.82) is 0 Å². The van der Waals surface area contributed by atoms with Crippen LogP contribution in [0.25, 0.3) is 0 Å². The highest BCUT2D eigenvalue weighted by atomic mass is 32.1. The van der Waals surface area contributed by atoms with Gasteiger partial charge in [0.1, 0.15) is 0 Å². The van der Waals surface area contributed by atoms with Crippen LogP contribution < -0.4 is 5.32 Å². The second-order valence-corrected chi connectivity index (χ2v) is 8.11. The van der Waals surface area contributed by atoms with E-state index >= 15 is 0 Å². The number of likely N-dealkylation sites (tertiary alicyclic amines) is 1. The van der Waals surface area contributed by atoms with Crippen molar-refractivity contribution in [3.63, 3.8) is 0 Å². The molecule has 2 heterocycles. The Morgan fingerprint density at radius 2 is 2.21 bits per heavy atom. The van der Waals surface area contributed by atoms with Crippen molar-refractivity contribution in [2.24, 2.45) is 11.8 Å². The summed E-state index contributed by atoms with van der Waals surface area (Å²) in [6, 6.07) is 0. The van der Waals surface area contributed by atoms with Crippen LogP contribution in [0.4, 0.5) is 5.13 Å². The highest BCUT2D eigenvalue weighted by molar-refractivity contribution is 7.15. The molecule has 1 N–H and O–H groups in total. The van der Waals surface area contributed by atoms with Gasteiger partial charge >= 0.3 is 0 Å². The van der Waals surface area contributed by atoms with E-state index in [0.29, 0.717) is 6.54 Å². The molecule has 2 aliphatic rings. The van der Waals surface area contributed by atoms with Crippen LogP contribution in [-0.2, 0) is 17.6 Å². The van der Waals surface area contributed by atoms with Gasteiger partial charge in [-0.05, 0) is 51.1 Å². The van der Waals surface area contributed by atoms with E-state index in [4.69, 9.17) is 6.42 Å². The number of terminal acetylenes is 1. The highest BCUT2D eigenvalue weighted by Crippen LogP contribution is 2.34. The Bertz CT molecular complexity index is 611. The van der Waals surface area contributed by atoms with Crippen LogP contribution in [0, 0.1) is 24.2 Å². The minimum absolute atomic E-state index is 0.0905. The molecule has 1 amide bonds. The number of aromatic nitrogens is 1. The van der Waals surface area contributed by atoms with Crippen LogP contribution in [-0.4, -0.2) is 35.4 Å². The summed E-state index contributed by atoms with van der Waals surface area (Å²) < 4.78 is 0. The number of nitrogens with zero attached hydrogens (tertiary/aromatic N) is 2. The Morgan fingerprint density at radius 1 is 1.42 bits per heavy atom. The zero-order chi connectivity index (χ0) is 16.9. The van der Waals surface area contributed by atoms with Gasteiger partial charge in [-0.2, -0.15) is 0 Å². The molecule has 0 saturated carbocycles. The van der Waals surface area contributed by atoms with E-state index in [1.165, 1.54) is 29.8 Å². The maximum atomic E-state index is 12.5. The molecule has 24 heavy (non-hydrogen) atoms. The topological polar surface area (TPSA) is 45.2 Å². The minimum Gasteiger partial charge on any atom is -0.302 e. The van der Waals surface area contributed by atoms with Gasteiger partial charge in [0.2, 0.25) is 5.91 Å². The van der Waals surface area contributed by atoms with Gasteiger partial charge < -0.3 is 5.32 Å². The third kappa shape index (κ3) is 4.17. The second-order valence-electron chi connectivity index (χ2n) is 7.03. The van der Waals surface area contributed by atoms with Crippen molar-refractivity contribution in [1.82, 2.24) is 9.88 Å². The van der Waals surface area contributed by atoms with Gasteiger partial charge in [0.05, 0.1) is 12.2 Å². The average Bonchev–Trinajstić information content (AvgIpc) is 2.97. The van der Waals surface area contributed by atoms with E-state index in [0.717, 1.165) is 49.8 Å². The number of amides is 1. The van der Waals surface area contributed by atoms with E-state index in [2.05, 4.69) is 28.0 Å². The minimum atomic E-state index is 0.0905. The van der Waals surface area contributed by atoms with E-state index in [9.17, 15) is 4.79 Å². The van der Waals surface area contributed by atoms with Crippen molar-refractivity contribution in [2.75, 3.05) is 25.0 Å². The maximum Gasteiger partial charge on any atom is 0.229 e. The number of nitrogens with one attached hydrogen (secondary N) is 1. The fourth-order valence-electron chi connectivity index (χ4n) is 3.84. The van der Waals surface area contributed by atoms with E-state index in [1.807, 2.05) is 0 Å². The number of rotatable bonds is 5. The Kier molecular flexibility index (Phi) is 5.91. The zero-order valence-corrected chi connectivity index (χ0v) is 15.3. The first-order valence-corrected chi connectivity index (χ1v) is 9.96. The molecule has 1 aromatic rings. The van der Waals surface area contributed by atoms with Crippen LogP contribution in [0.5, 0.6) is 0 Å². The lowest BCUT2D eigenvalue weighted by molar-refractivity contribution is -0.121. The molecule has 1 fully saturated rings. The molecule has 0 radical (unpaired) electrons. The maximum absolute atomic E-state index is 12.5. The molecule has 1 atom stereocenters. The van der Waals surface area contributed by atoms with Crippen LogP contribution in [0.2, 0.25) is 0 Å². The monoisotopic (exact) mass is 345 g/mol. The first-order chi connectivity index (χ1) is 11.7. The summed E-state index contributed by atoms with van der Waals surface area (Å²) in [5.41, 5.74) is 1.21. The molecule has 4 nitrogen and oxygen atoms in total. The molecule has 1 aliphatic heterocycles. The summed E-state index contributed by atoms with van der Waals surface area (Å²) in [7, 11) is 0. The smallest absolute Gasteiger partial charge is 0.229 e. The number of anilines is 1. The highest BCUT2D eigenvalue weighted by Gasteiger charge is 2.27. The summed E-state index contributed by atoms with van der Waals surface area (Å²) in [6.07, 6.45) is 13.1. The lowest BCUT2D eigenvalue weighted by Crippen LogP contribution is -2.38. The number of piperidine rings is 1. The molecule has 3 rings (SSSR count). The van der Waals surface area contributed by atoms with Crippen molar-refractivity contribution >= 4 is 22.4 Å². The lowest BCUT2D eigenvalue weighted by atomic mass is 9.88. The number of carbonyl (C=O) groups is 1. The van der Waals surface area contributed by atoms with Gasteiger partial charge in [-0.15, -0.1) is 17.8 Å². The van der Waals surface area contributed by atoms with Gasteiger partial charge in [0.15, 0.2) is 5.13 Å². The Morgan fingerprint density at radius 3 is 2.92 bits per heavy atom. The van der Waals surface area contributed by atoms with Crippen molar-refractivity contribution in [3.05, 3.63) is 10.6 Å². The quantitative estimate of drug-likeness (QED) is 0.833. The van der Waals surface area contributed by atoms with Gasteiger partial charge in [-0.25, -0.2) is 4.98 Å². The molecule has 130 valence electrons. The summed E-state index contributed by atoms with van der Waals surface area (Å²) >= 11 is 1.69. The third-order valence-corrected chi connectivity index (χ3v) is 6.28. The number of aryl methyl sites for hydroxylation is 1. The molecule has 1 aliphatic carbocycles. The summed E-state index contributed by atoms with van der Waals surface area (Å²) in [5, 5.41) is 3.87. The largest absolute Gasteiger partial charge is 0.302 e. The number of carbonyl (C=O) groups excluding carboxylic acids is 1. The molecule has 0 bridgehead atoms. The summed E-state index contributed by atoms with van der Waals surface area (Å²) in [4.78, 5) is 20.8. The SMILES string of the molecule is C#CCN1CCC(C(=O)Nc2nc3c(s2)CC(CCC)CC3)CC1. The molecule has 0 aromatic carbocycles. The second kappa shape index (κ2) is 8.13. The standard InChI is InChI=1S/C19H27N3OS/c1-3-5-14-6-7-16-17(13-14)24-19(20-16)21-18(23)15-8-11-22(10-4-2)12-9-15/h2,14-15H,3,5-13H2,1H3,(H,20,21,23). The fraction of sp³-hybridized carbons (Fsp3) is 0.684. The number of hydrogen-bond acceptors (Lipinski definition) is 4. The Labute approximate surface area is 149 Å². The number of hydrogen-bond donors (Lipinski definition) is 1. The van der Waals surface area contributed by atoms with Crippen LogP contribution in [0.1, 0.15) is 49.6 Å². The zero-order valence-electron chi connectivity index (χ0n) is 14.5. The molecule has 1 aromatic heterocycles. The number of thiazole rings is 1. The fourth-order valence-corrected chi connectivity index (χ4v) is 4.97. The molecule has 5 heteroatoms. The lowest BCUT2D eigenvalue weighted by Gasteiger charge is -2.29. The predicted molar refractivity (Wildman–Crippen MR) is 99.2 cm³/mol. The molecule has 1 saturated heterocycles. The third-order valence-electron chi connectivity index (χ3n) is 5.24. The summed E-state index contributed by atoms with van der Waals surface area (Å²) in [6.45, 7) is 4.76. The van der Waals surface area contributed by atoms with Crippen molar-refractivity contribution < 1.29 is 4.79 Å². The first-order valence-electron chi connectivity index (χ1n) is 9.14. The van der Waals surface area contributed by atoms with Crippen molar-refractivity contribution in [2.45, 2.75) is 51.9 Å². The van der Waals surface area contributed by atoms with Crippen LogP contribution in [0.15, 0.2) is 0 Å². The van der Waals surface area contributed by atoms with Crippen LogP contribution >= 0.6 is 11.3 Å². The molecular formula is C19H27N3OS. The van der Waals surface area contributed by atoms with Gasteiger partial charge in [0, 0.05) is 10.8 Å². The average molecular weight is 346 g/mol. The van der Waals surface area contributed by atoms with E-state index in [1.54, 1.807) is 11.3 Å². The van der Waals surface area contributed by atoms with Gasteiger partial charge in [0.25, 0.3) is 0 Å². The number of fused-ring (bicyclic) bond motifs is 1. The molecule has 0 spiro atoms. The van der Waals surface area contributed by atoms with Crippen molar-refractivity contribution in [3.8, 4) is 12.3 Å². The van der Waals surface area contributed by atoms with Gasteiger partial charge in [-0.3, -0.25) is 9.69 Å². The van der Waals surface area contributed by atoms with E-state index < -0.39 is 0 Å². The van der Waals surface area contributed by atoms with Gasteiger partial charge in [-0.1, -0.05) is 25.7 Å². The molecule has 1 unspecified atom stereocenters. The predicted octanol–water partition coefficient (Wildman–Crippen LogP) is 3.33. The molecular weight excluding hydrogens is 318 g/mol. The summed E-state index contributed by atoms with van der Waals surface area (Å²) in [5.74, 6) is 3.70. The normalized spacial score (nSPS) is 21.9. The van der Waals surface area contributed by atoms with Crippen LogP contribution in [0.3, 0.4) is 0 Å². The first kappa shape index (κ1) is 17.4. The van der Waals surface area contributed by atoms with E-state index in [-0.39, 0.29) is 11.8 Å².